The van der Waals surface area contributed by atoms with E-state index in [0.29, 0.717) is 5.56 Å². The van der Waals surface area contributed by atoms with Gasteiger partial charge >= 0.3 is 6.18 Å². The zero-order chi connectivity index (χ0) is 13.9. The summed E-state index contributed by atoms with van der Waals surface area (Å²) < 4.78 is 37.6. The minimum Gasteiger partial charge on any atom is -0.365 e. The summed E-state index contributed by atoms with van der Waals surface area (Å²) in [4.78, 5) is 10.8. The summed E-state index contributed by atoms with van der Waals surface area (Å²) in [6.07, 6.45) is -3.45. The maximum atomic E-state index is 12.5. The number of rotatable bonds is 2. The van der Waals surface area contributed by atoms with E-state index in [1.165, 1.54) is 19.1 Å². The molecule has 0 aliphatic heterocycles. The molecule has 0 bridgehead atoms. The van der Waals surface area contributed by atoms with Gasteiger partial charge in [-0.3, -0.25) is 4.79 Å². The molecular weight excluding hydrogens is 245 g/mol. The summed E-state index contributed by atoms with van der Waals surface area (Å²) in [7, 11) is 0. The molecule has 1 amide bonds. The molecule has 0 aliphatic rings. The monoisotopic (exact) mass is 254 g/mol. The van der Waals surface area contributed by atoms with Crippen molar-refractivity contribution in [1.29, 1.82) is 5.26 Å². The molecule has 0 aromatic heterocycles. The summed E-state index contributed by atoms with van der Waals surface area (Å²) >= 11 is 0. The lowest BCUT2D eigenvalue weighted by Crippen LogP contribution is -2.12. The average Bonchev–Trinajstić information content (AvgIpc) is 2.23. The van der Waals surface area contributed by atoms with Crippen LogP contribution in [0, 0.1) is 18.3 Å². The van der Waals surface area contributed by atoms with Gasteiger partial charge in [0.1, 0.15) is 11.6 Å². The van der Waals surface area contributed by atoms with Crippen molar-refractivity contribution in [2.24, 2.45) is 5.73 Å². The molecule has 94 valence electrons. The normalized spacial score (nSPS) is 12.1. The highest BCUT2D eigenvalue weighted by atomic mass is 19.4. The van der Waals surface area contributed by atoms with Crippen molar-refractivity contribution in [3.8, 4) is 6.07 Å². The Morgan fingerprint density at radius 1 is 1.39 bits per heavy atom. The molecule has 0 radical (unpaired) electrons. The number of nitriles is 1. The number of benzene rings is 1. The fourth-order valence-corrected chi connectivity index (χ4v) is 1.38. The fraction of sp³-hybridized carbons (Fsp3) is 0.167. The number of amides is 1. The molecule has 0 saturated heterocycles. The topological polar surface area (TPSA) is 66.9 Å². The Bertz CT molecular complexity index is 553. The average molecular weight is 254 g/mol. The Balaban J connectivity index is 3.32. The second-order valence-corrected chi connectivity index (χ2v) is 3.66. The highest BCUT2D eigenvalue weighted by Gasteiger charge is 2.30. The van der Waals surface area contributed by atoms with Crippen molar-refractivity contribution < 1.29 is 18.0 Å². The Labute approximate surface area is 101 Å². The predicted molar refractivity (Wildman–Crippen MR) is 59.0 cm³/mol. The first-order chi connectivity index (χ1) is 8.24. The van der Waals surface area contributed by atoms with Crippen LogP contribution in [0.25, 0.3) is 6.08 Å². The SMILES string of the molecule is Cc1cc(/C=C(\C#N)C(N)=O)cc(C(F)(F)F)c1. The zero-order valence-corrected chi connectivity index (χ0v) is 9.38. The first-order valence-corrected chi connectivity index (χ1v) is 4.84. The van der Waals surface area contributed by atoms with Crippen LogP contribution >= 0.6 is 0 Å². The second kappa shape index (κ2) is 4.92. The van der Waals surface area contributed by atoms with Crippen molar-refractivity contribution >= 4 is 12.0 Å². The van der Waals surface area contributed by atoms with Crippen LogP contribution in [-0.4, -0.2) is 5.91 Å². The minimum absolute atomic E-state index is 0.109. The number of alkyl halides is 3. The second-order valence-electron chi connectivity index (χ2n) is 3.66. The van der Waals surface area contributed by atoms with Crippen molar-refractivity contribution in [2.75, 3.05) is 0 Å². The number of carbonyl (C=O) groups excluding carboxylic acids is 1. The van der Waals surface area contributed by atoms with Crippen LogP contribution in [0.4, 0.5) is 13.2 Å². The van der Waals surface area contributed by atoms with Gasteiger partial charge in [0, 0.05) is 0 Å². The Morgan fingerprint density at radius 2 is 2.00 bits per heavy atom. The van der Waals surface area contributed by atoms with Crippen LogP contribution in [0.1, 0.15) is 16.7 Å². The quantitative estimate of drug-likeness (QED) is 0.650. The summed E-state index contributed by atoms with van der Waals surface area (Å²) in [5.41, 5.74) is 4.15. The van der Waals surface area contributed by atoms with Crippen LogP contribution in [-0.2, 0) is 11.0 Å². The number of hydrogen-bond acceptors (Lipinski definition) is 2. The third-order valence-corrected chi connectivity index (χ3v) is 2.12. The largest absolute Gasteiger partial charge is 0.416 e. The molecule has 1 rings (SSSR count). The molecule has 6 heteroatoms. The Hall–Kier alpha value is -2.29. The van der Waals surface area contributed by atoms with Gasteiger partial charge in [0.15, 0.2) is 0 Å². The van der Waals surface area contributed by atoms with E-state index in [0.717, 1.165) is 18.2 Å². The Morgan fingerprint density at radius 3 is 2.44 bits per heavy atom. The van der Waals surface area contributed by atoms with Crippen LogP contribution < -0.4 is 5.73 Å². The lowest BCUT2D eigenvalue weighted by molar-refractivity contribution is -0.137. The molecule has 0 unspecified atom stereocenters. The molecule has 0 aliphatic carbocycles. The highest BCUT2D eigenvalue weighted by Crippen LogP contribution is 2.31. The van der Waals surface area contributed by atoms with E-state index in [1.54, 1.807) is 0 Å². The molecule has 1 aromatic carbocycles. The molecule has 0 heterocycles. The number of halogens is 3. The van der Waals surface area contributed by atoms with Crippen LogP contribution in [0.5, 0.6) is 0 Å². The third-order valence-electron chi connectivity index (χ3n) is 2.12. The van der Waals surface area contributed by atoms with E-state index < -0.39 is 23.2 Å². The van der Waals surface area contributed by atoms with Gasteiger partial charge in [0.2, 0.25) is 0 Å². The first-order valence-electron chi connectivity index (χ1n) is 4.84. The summed E-state index contributed by atoms with van der Waals surface area (Å²) in [5.74, 6) is -0.979. The maximum Gasteiger partial charge on any atom is 0.416 e. The van der Waals surface area contributed by atoms with E-state index in [2.05, 4.69) is 0 Å². The van der Waals surface area contributed by atoms with Gasteiger partial charge in [-0.15, -0.1) is 0 Å². The van der Waals surface area contributed by atoms with E-state index >= 15 is 0 Å². The van der Waals surface area contributed by atoms with Crippen molar-refractivity contribution in [1.82, 2.24) is 0 Å². The molecule has 1 aromatic rings. The van der Waals surface area contributed by atoms with Crippen LogP contribution in [0.15, 0.2) is 23.8 Å². The van der Waals surface area contributed by atoms with Gasteiger partial charge in [0.05, 0.1) is 5.56 Å². The number of hydrogen-bond donors (Lipinski definition) is 1. The molecule has 0 atom stereocenters. The number of nitrogens with two attached hydrogens (primary N) is 1. The Kier molecular flexibility index (Phi) is 3.76. The molecule has 0 spiro atoms. The van der Waals surface area contributed by atoms with Gasteiger partial charge in [0.25, 0.3) is 5.91 Å². The molecular formula is C12H9F3N2O. The smallest absolute Gasteiger partial charge is 0.365 e. The van der Waals surface area contributed by atoms with Gasteiger partial charge in [-0.2, -0.15) is 18.4 Å². The van der Waals surface area contributed by atoms with E-state index in [-0.39, 0.29) is 5.56 Å². The number of primary amides is 1. The fourth-order valence-electron chi connectivity index (χ4n) is 1.38. The van der Waals surface area contributed by atoms with E-state index in [1.807, 2.05) is 0 Å². The predicted octanol–water partition coefficient (Wildman–Crippen LogP) is 2.41. The number of carbonyl (C=O) groups is 1. The lowest BCUT2D eigenvalue weighted by Gasteiger charge is -2.08. The van der Waals surface area contributed by atoms with Crippen molar-refractivity contribution in [3.63, 3.8) is 0 Å². The first kappa shape index (κ1) is 13.8. The van der Waals surface area contributed by atoms with E-state index in [4.69, 9.17) is 11.0 Å². The van der Waals surface area contributed by atoms with Crippen molar-refractivity contribution in [2.45, 2.75) is 13.1 Å². The van der Waals surface area contributed by atoms with Gasteiger partial charge in [-0.1, -0.05) is 6.07 Å². The summed E-state index contributed by atoms with van der Waals surface area (Å²) in [5, 5.41) is 8.61. The molecule has 18 heavy (non-hydrogen) atoms. The zero-order valence-electron chi connectivity index (χ0n) is 9.38. The van der Waals surface area contributed by atoms with E-state index in [9.17, 15) is 18.0 Å². The highest BCUT2D eigenvalue weighted by molar-refractivity contribution is 6.00. The molecule has 0 saturated carbocycles. The van der Waals surface area contributed by atoms with Gasteiger partial charge < -0.3 is 5.73 Å². The minimum atomic E-state index is -4.48. The van der Waals surface area contributed by atoms with Crippen molar-refractivity contribution in [3.05, 3.63) is 40.5 Å². The number of aryl methyl sites for hydroxylation is 1. The molecule has 3 nitrogen and oxygen atoms in total. The molecule has 0 fully saturated rings. The van der Waals surface area contributed by atoms with Crippen LogP contribution in [0.3, 0.4) is 0 Å². The summed E-state index contributed by atoms with van der Waals surface area (Å²) in [6, 6.07) is 4.79. The number of nitrogens with zero attached hydrogens (tertiary/aromatic N) is 1. The summed E-state index contributed by atoms with van der Waals surface area (Å²) in [6.45, 7) is 1.49. The van der Waals surface area contributed by atoms with Gasteiger partial charge in [-0.05, 0) is 36.3 Å². The third kappa shape index (κ3) is 3.35. The van der Waals surface area contributed by atoms with Gasteiger partial charge in [-0.25, -0.2) is 0 Å². The van der Waals surface area contributed by atoms with Crippen LogP contribution in [0.2, 0.25) is 0 Å². The standard InChI is InChI=1S/C12H9F3N2O/c1-7-2-8(4-9(6-16)11(17)18)5-10(3-7)12(13,14)15/h2-5H,1H3,(H2,17,18)/b9-4+. The maximum absolute atomic E-state index is 12.5. The lowest BCUT2D eigenvalue weighted by atomic mass is 10.0. The molecule has 2 N–H and O–H groups in total.